The Labute approximate surface area is 191 Å². The van der Waals surface area contributed by atoms with E-state index in [0.29, 0.717) is 40.0 Å². The predicted molar refractivity (Wildman–Crippen MR) is 122 cm³/mol. The van der Waals surface area contributed by atoms with Gasteiger partial charge in [0.25, 0.3) is 0 Å². The lowest BCUT2D eigenvalue weighted by molar-refractivity contribution is -0.117. The molecule has 1 amide bonds. The Morgan fingerprint density at radius 1 is 1.28 bits per heavy atom. The fourth-order valence-corrected chi connectivity index (χ4v) is 4.98. The van der Waals surface area contributed by atoms with Gasteiger partial charge in [-0.15, -0.1) is 0 Å². The van der Waals surface area contributed by atoms with Gasteiger partial charge in [-0.25, -0.2) is 9.37 Å². The Morgan fingerprint density at radius 3 is 2.41 bits per heavy atom. The molecule has 32 heavy (non-hydrogen) atoms. The van der Waals surface area contributed by atoms with E-state index in [1.54, 1.807) is 0 Å². The average Bonchev–Trinajstić information content (AvgIpc) is 2.81. The van der Waals surface area contributed by atoms with E-state index in [1.807, 2.05) is 14.0 Å². The number of carbonyl (C=O) groups excluding carboxylic acids is 1. The summed E-state index contributed by atoms with van der Waals surface area (Å²) in [5, 5.41) is 22.5. The minimum absolute atomic E-state index is 0.274. The van der Waals surface area contributed by atoms with E-state index in [0.717, 1.165) is 37.7 Å². The number of benzene rings is 1. The predicted octanol–water partition coefficient (Wildman–Crippen LogP) is 3.03. The fraction of sp³-hybridized carbons (Fsp3) is 0.391. The maximum absolute atomic E-state index is 13.4. The highest BCUT2D eigenvalue weighted by Gasteiger charge is 2.28. The van der Waals surface area contributed by atoms with Crippen molar-refractivity contribution in [1.29, 1.82) is 10.5 Å². The third-order valence-electron chi connectivity index (χ3n) is 5.69. The zero-order valence-corrected chi connectivity index (χ0v) is 18.9. The summed E-state index contributed by atoms with van der Waals surface area (Å²) in [5.41, 5.74) is 7.45. The summed E-state index contributed by atoms with van der Waals surface area (Å²) >= 11 is 1.06. The van der Waals surface area contributed by atoms with Gasteiger partial charge in [0, 0.05) is 19.1 Å². The number of nitrogens with zero attached hydrogens (tertiary/aromatic N) is 4. The number of hydrogen-bond acceptors (Lipinski definition) is 7. The van der Waals surface area contributed by atoms with Crippen LogP contribution in [-0.4, -0.2) is 37.1 Å². The standard InChI is InChI=1S/C23H25FN6OS/c1-3-17-18(12-25)22(30-10-8-16(28-2)9-11-30)29-23(19(17)13-26)32-20(21(27)31)14-4-6-15(24)7-5-14/h4-7,16,20,28H,3,8-11H2,1-2H3,(H2,27,31). The minimum Gasteiger partial charge on any atom is -0.368 e. The molecule has 2 aromatic rings. The zero-order valence-electron chi connectivity index (χ0n) is 18.1. The normalized spacial score (nSPS) is 15.1. The molecule has 1 aromatic carbocycles. The van der Waals surface area contributed by atoms with Crippen LogP contribution in [0.15, 0.2) is 29.3 Å². The van der Waals surface area contributed by atoms with E-state index >= 15 is 0 Å². The number of rotatable bonds is 7. The number of piperidine rings is 1. The molecule has 3 N–H and O–H groups in total. The van der Waals surface area contributed by atoms with E-state index in [9.17, 15) is 19.7 Å². The monoisotopic (exact) mass is 452 g/mol. The van der Waals surface area contributed by atoms with Gasteiger partial charge in [-0.1, -0.05) is 30.8 Å². The first-order valence-electron chi connectivity index (χ1n) is 10.4. The largest absolute Gasteiger partial charge is 0.368 e. The first-order valence-corrected chi connectivity index (χ1v) is 11.3. The van der Waals surface area contributed by atoms with Crippen molar-refractivity contribution in [1.82, 2.24) is 10.3 Å². The number of amides is 1. The molecule has 1 saturated heterocycles. The van der Waals surface area contributed by atoms with Gasteiger partial charge in [-0.2, -0.15) is 10.5 Å². The Balaban J connectivity index is 2.08. The zero-order chi connectivity index (χ0) is 23.3. The van der Waals surface area contributed by atoms with Crippen LogP contribution in [-0.2, 0) is 11.2 Å². The molecule has 3 rings (SSSR count). The van der Waals surface area contributed by atoms with Gasteiger partial charge in [0.15, 0.2) is 0 Å². The first kappa shape index (κ1) is 23.5. The lowest BCUT2D eigenvalue weighted by atomic mass is 10.00. The summed E-state index contributed by atoms with van der Waals surface area (Å²) in [6.45, 7) is 3.33. The van der Waals surface area contributed by atoms with Crippen LogP contribution >= 0.6 is 11.8 Å². The molecule has 1 aliphatic heterocycles. The highest BCUT2D eigenvalue weighted by molar-refractivity contribution is 8.00. The van der Waals surface area contributed by atoms with Gasteiger partial charge in [0.2, 0.25) is 5.91 Å². The van der Waals surface area contributed by atoms with E-state index in [2.05, 4.69) is 22.4 Å². The van der Waals surface area contributed by atoms with Crippen LogP contribution in [0.2, 0.25) is 0 Å². The molecule has 9 heteroatoms. The molecule has 0 saturated carbocycles. The van der Waals surface area contributed by atoms with Crippen molar-refractivity contribution in [3.63, 3.8) is 0 Å². The Bertz CT molecular complexity index is 1070. The first-order chi connectivity index (χ1) is 15.4. The molecule has 1 aromatic heterocycles. The number of hydrogen-bond donors (Lipinski definition) is 2. The molecule has 1 unspecified atom stereocenters. The average molecular weight is 453 g/mol. The van der Waals surface area contributed by atoms with Gasteiger partial charge in [0.1, 0.15) is 34.0 Å². The van der Waals surface area contributed by atoms with Crippen molar-refractivity contribution < 1.29 is 9.18 Å². The molecule has 1 fully saturated rings. The quantitative estimate of drug-likeness (QED) is 0.620. The van der Waals surface area contributed by atoms with Gasteiger partial charge >= 0.3 is 0 Å². The molecular formula is C23H25FN6OS. The van der Waals surface area contributed by atoms with Crippen molar-refractivity contribution in [2.75, 3.05) is 25.0 Å². The number of anilines is 1. The second-order valence-electron chi connectivity index (χ2n) is 7.55. The van der Waals surface area contributed by atoms with Crippen molar-refractivity contribution in [3.8, 4) is 12.1 Å². The van der Waals surface area contributed by atoms with Crippen molar-refractivity contribution in [2.45, 2.75) is 42.5 Å². The maximum atomic E-state index is 13.4. The van der Waals surface area contributed by atoms with Crippen molar-refractivity contribution in [3.05, 3.63) is 52.3 Å². The topological polar surface area (TPSA) is 119 Å². The van der Waals surface area contributed by atoms with Gasteiger partial charge < -0.3 is 16.0 Å². The van der Waals surface area contributed by atoms with Crippen molar-refractivity contribution in [2.24, 2.45) is 5.73 Å². The summed E-state index contributed by atoms with van der Waals surface area (Å²) in [4.78, 5) is 19.0. The van der Waals surface area contributed by atoms with E-state index in [1.165, 1.54) is 24.3 Å². The molecule has 7 nitrogen and oxygen atoms in total. The number of nitrogens with two attached hydrogens (primary N) is 1. The van der Waals surface area contributed by atoms with E-state index in [4.69, 9.17) is 10.7 Å². The number of primary amides is 1. The number of halogens is 1. The number of carbonyl (C=O) groups is 1. The molecule has 2 heterocycles. The van der Waals surface area contributed by atoms with Crippen LogP contribution in [0.4, 0.5) is 10.2 Å². The molecular weight excluding hydrogens is 427 g/mol. The van der Waals surface area contributed by atoms with Crippen LogP contribution in [0.25, 0.3) is 0 Å². The highest BCUT2D eigenvalue weighted by Crippen LogP contribution is 2.40. The van der Waals surface area contributed by atoms with Crippen LogP contribution in [0.5, 0.6) is 0 Å². The van der Waals surface area contributed by atoms with Gasteiger partial charge in [0.05, 0.1) is 11.1 Å². The number of nitriles is 2. The lowest BCUT2D eigenvalue weighted by Gasteiger charge is -2.34. The third-order valence-corrected chi connectivity index (χ3v) is 6.95. The number of pyridine rings is 1. The van der Waals surface area contributed by atoms with E-state index < -0.39 is 17.0 Å². The fourth-order valence-electron chi connectivity index (χ4n) is 3.92. The molecule has 1 aliphatic rings. The summed E-state index contributed by atoms with van der Waals surface area (Å²) in [6, 6.07) is 10.3. The Hall–Kier alpha value is -3.14. The lowest BCUT2D eigenvalue weighted by Crippen LogP contribution is -2.42. The van der Waals surface area contributed by atoms with Gasteiger partial charge in [-0.3, -0.25) is 4.79 Å². The Kier molecular flexibility index (Phi) is 7.68. The molecule has 1 atom stereocenters. The Morgan fingerprint density at radius 2 is 1.91 bits per heavy atom. The highest BCUT2D eigenvalue weighted by atomic mass is 32.2. The molecule has 0 spiro atoms. The minimum atomic E-state index is -0.851. The maximum Gasteiger partial charge on any atom is 0.235 e. The second-order valence-corrected chi connectivity index (χ2v) is 8.64. The second kappa shape index (κ2) is 10.4. The van der Waals surface area contributed by atoms with Gasteiger partial charge in [-0.05, 0) is 49.6 Å². The smallest absolute Gasteiger partial charge is 0.235 e. The molecule has 0 aliphatic carbocycles. The molecule has 166 valence electrons. The third kappa shape index (κ3) is 4.85. The number of aromatic nitrogens is 1. The van der Waals surface area contributed by atoms with E-state index in [-0.39, 0.29) is 5.56 Å². The number of nitrogens with one attached hydrogen (secondary N) is 1. The van der Waals surface area contributed by atoms with Crippen LogP contribution in [0, 0.1) is 28.5 Å². The van der Waals surface area contributed by atoms with Crippen LogP contribution in [0.3, 0.4) is 0 Å². The van der Waals surface area contributed by atoms with Crippen LogP contribution in [0.1, 0.15) is 47.3 Å². The summed E-state index contributed by atoms with van der Waals surface area (Å²) in [7, 11) is 1.93. The SMILES string of the molecule is CCc1c(C#N)c(SC(C(N)=O)c2ccc(F)cc2)nc(N2CCC(NC)CC2)c1C#N. The van der Waals surface area contributed by atoms with Crippen molar-refractivity contribution >= 4 is 23.5 Å². The van der Waals surface area contributed by atoms with Crippen LogP contribution < -0.4 is 16.0 Å². The summed E-state index contributed by atoms with van der Waals surface area (Å²) < 4.78 is 13.4. The summed E-state index contributed by atoms with van der Waals surface area (Å²) in [5.74, 6) is -0.509. The summed E-state index contributed by atoms with van der Waals surface area (Å²) in [6.07, 6.45) is 2.29. The number of thioether (sulfide) groups is 1. The molecule has 0 radical (unpaired) electrons. The molecule has 0 bridgehead atoms.